The summed E-state index contributed by atoms with van der Waals surface area (Å²) >= 11 is 0. The number of β-amino-alcohol motifs (C(OH)–C–C–N with tert-alkyl or cyclic N) is 1. The van der Waals surface area contributed by atoms with E-state index >= 15 is 0 Å². The van der Waals surface area contributed by atoms with Crippen LogP contribution >= 0.6 is 0 Å². The molecule has 2 aromatic heterocycles. The third kappa shape index (κ3) is 4.17. The first-order valence-electron chi connectivity index (χ1n) is 10.6. The molecule has 0 spiro atoms. The predicted octanol–water partition coefficient (Wildman–Crippen LogP) is 2.20. The summed E-state index contributed by atoms with van der Waals surface area (Å²) < 4.78 is 5.45. The summed E-state index contributed by atoms with van der Waals surface area (Å²) in [7, 11) is 0. The fourth-order valence-corrected chi connectivity index (χ4v) is 4.12. The molecular weight excluding hydrogens is 392 g/mol. The predicted molar refractivity (Wildman–Crippen MR) is 121 cm³/mol. The van der Waals surface area contributed by atoms with Crippen LogP contribution in [-0.4, -0.2) is 65.6 Å². The lowest BCUT2D eigenvalue weighted by molar-refractivity contribution is 0.123. The second-order valence-corrected chi connectivity index (χ2v) is 7.94. The maximum absolute atomic E-state index is 10.00. The van der Waals surface area contributed by atoms with Gasteiger partial charge in [-0.2, -0.15) is 0 Å². The quantitative estimate of drug-likeness (QED) is 0.622. The van der Waals surface area contributed by atoms with E-state index in [0.717, 1.165) is 60.1 Å². The van der Waals surface area contributed by atoms with Gasteiger partial charge in [-0.25, -0.2) is 9.97 Å². The molecule has 0 aliphatic carbocycles. The molecule has 0 amide bonds. The van der Waals surface area contributed by atoms with E-state index in [9.17, 15) is 5.11 Å². The van der Waals surface area contributed by atoms with Gasteiger partial charge in [0.2, 0.25) is 0 Å². The average molecular weight is 419 g/mol. The number of nitrogens with two attached hydrogens (primary N) is 1. The molecule has 2 saturated heterocycles. The number of nitrogen functional groups attached to an aromatic ring is 1. The molecular formula is C23H26N6O2. The number of pyridine rings is 1. The number of hydrogen-bond acceptors (Lipinski definition) is 8. The fourth-order valence-electron chi connectivity index (χ4n) is 4.12. The summed E-state index contributed by atoms with van der Waals surface area (Å²) in [6.07, 6.45) is 3.90. The van der Waals surface area contributed by atoms with Crippen LogP contribution in [0.2, 0.25) is 0 Å². The zero-order chi connectivity index (χ0) is 21.2. The number of nitrogens with zero attached hydrogens (tertiary/aromatic N) is 5. The SMILES string of the molecule is Nc1cc(-c2cc(N3CCC(O)C3)nc(-c3cccnc3)n2)ccc1N1CCOCC1. The lowest BCUT2D eigenvalue weighted by Gasteiger charge is -2.30. The molecule has 4 heterocycles. The van der Waals surface area contributed by atoms with Gasteiger partial charge in [0.25, 0.3) is 0 Å². The normalized spacial score (nSPS) is 19.1. The van der Waals surface area contributed by atoms with E-state index in [0.29, 0.717) is 25.6 Å². The minimum absolute atomic E-state index is 0.330. The van der Waals surface area contributed by atoms with E-state index in [1.165, 1.54) is 0 Å². The monoisotopic (exact) mass is 418 g/mol. The molecule has 1 aromatic carbocycles. The van der Waals surface area contributed by atoms with Gasteiger partial charge in [0.05, 0.1) is 36.4 Å². The molecule has 31 heavy (non-hydrogen) atoms. The number of rotatable bonds is 4. The van der Waals surface area contributed by atoms with Crippen molar-refractivity contribution in [1.82, 2.24) is 15.0 Å². The van der Waals surface area contributed by atoms with Crippen LogP contribution in [0.15, 0.2) is 48.8 Å². The van der Waals surface area contributed by atoms with E-state index in [1.807, 2.05) is 24.3 Å². The maximum atomic E-state index is 10.00. The molecule has 1 atom stereocenters. The molecule has 2 aliphatic heterocycles. The van der Waals surface area contributed by atoms with E-state index < -0.39 is 0 Å². The number of aromatic nitrogens is 3. The van der Waals surface area contributed by atoms with Crippen LogP contribution in [0.5, 0.6) is 0 Å². The first kappa shape index (κ1) is 19.7. The molecule has 2 fully saturated rings. The number of aliphatic hydroxyl groups excluding tert-OH is 1. The van der Waals surface area contributed by atoms with Gasteiger partial charge in [-0.1, -0.05) is 6.07 Å². The molecule has 0 radical (unpaired) electrons. The molecule has 1 unspecified atom stereocenters. The Morgan fingerprint density at radius 2 is 1.87 bits per heavy atom. The van der Waals surface area contributed by atoms with Gasteiger partial charge in [-0.05, 0) is 30.7 Å². The van der Waals surface area contributed by atoms with Crippen LogP contribution in [0.1, 0.15) is 6.42 Å². The summed E-state index contributed by atoms with van der Waals surface area (Å²) in [5.41, 5.74) is 10.8. The summed E-state index contributed by atoms with van der Waals surface area (Å²) in [5.74, 6) is 1.41. The van der Waals surface area contributed by atoms with Crippen molar-refractivity contribution >= 4 is 17.2 Å². The van der Waals surface area contributed by atoms with Gasteiger partial charge < -0.3 is 25.4 Å². The molecule has 0 bridgehead atoms. The van der Waals surface area contributed by atoms with Gasteiger partial charge in [0.15, 0.2) is 5.82 Å². The Labute approximate surface area is 181 Å². The van der Waals surface area contributed by atoms with Gasteiger partial charge in [0, 0.05) is 55.8 Å². The van der Waals surface area contributed by atoms with E-state index in [4.69, 9.17) is 20.4 Å². The Kier molecular flexibility index (Phi) is 5.40. The van der Waals surface area contributed by atoms with Crippen molar-refractivity contribution in [3.8, 4) is 22.6 Å². The minimum Gasteiger partial charge on any atom is -0.397 e. The Balaban J connectivity index is 1.54. The smallest absolute Gasteiger partial charge is 0.163 e. The molecule has 0 saturated carbocycles. The lowest BCUT2D eigenvalue weighted by Crippen LogP contribution is -2.36. The lowest BCUT2D eigenvalue weighted by atomic mass is 10.1. The van der Waals surface area contributed by atoms with Gasteiger partial charge in [-0.15, -0.1) is 0 Å². The van der Waals surface area contributed by atoms with Crippen molar-refractivity contribution in [2.24, 2.45) is 0 Å². The summed E-state index contributed by atoms with van der Waals surface area (Å²) in [6, 6.07) is 11.9. The highest BCUT2D eigenvalue weighted by Gasteiger charge is 2.23. The topological polar surface area (TPSA) is 101 Å². The van der Waals surface area contributed by atoms with Gasteiger partial charge in [0.1, 0.15) is 5.82 Å². The summed E-state index contributed by atoms with van der Waals surface area (Å²) in [5, 5.41) is 10.00. The maximum Gasteiger partial charge on any atom is 0.163 e. The van der Waals surface area contributed by atoms with Crippen LogP contribution < -0.4 is 15.5 Å². The number of aliphatic hydroxyl groups is 1. The van der Waals surface area contributed by atoms with Crippen LogP contribution in [0, 0.1) is 0 Å². The molecule has 2 aliphatic rings. The Morgan fingerprint density at radius 1 is 1.00 bits per heavy atom. The first-order valence-corrected chi connectivity index (χ1v) is 10.6. The highest BCUT2D eigenvalue weighted by molar-refractivity contribution is 5.77. The Morgan fingerprint density at radius 3 is 2.58 bits per heavy atom. The van der Waals surface area contributed by atoms with Crippen molar-refractivity contribution in [1.29, 1.82) is 0 Å². The molecule has 3 aromatic rings. The van der Waals surface area contributed by atoms with Gasteiger partial charge in [-0.3, -0.25) is 4.98 Å². The third-order valence-corrected chi connectivity index (χ3v) is 5.79. The van der Waals surface area contributed by atoms with E-state index in [2.05, 4.69) is 26.9 Å². The van der Waals surface area contributed by atoms with Crippen LogP contribution in [-0.2, 0) is 4.74 Å². The molecule has 5 rings (SSSR count). The van der Waals surface area contributed by atoms with Crippen LogP contribution in [0.4, 0.5) is 17.2 Å². The average Bonchev–Trinajstić information content (AvgIpc) is 3.26. The Hall–Kier alpha value is -3.23. The van der Waals surface area contributed by atoms with Crippen molar-refractivity contribution in [3.63, 3.8) is 0 Å². The number of benzene rings is 1. The van der Waals surface area contributed by atoms with Crippen LogP contribution in [0.3, 0.4) is 0 Å². The zero-order valence-electron chi connectivity index (χ0n) is 17.3. The fraction of sp³-hybridized carbons (Fsp3) is 0.348. The van der Waals surface area contributed by atoms with E-state index in [-0.39, 0.29) is 6.10 Å². The van der Waals surface area contributed by atoms with Crippen molar-refractivity contribution in [3.05, 3.63) is 48.8 Å². The highest BCUT2D eigenvalue weighted by Crippen LogP contribution is 2.32. The Bertz CT molecular complexity index is 1060. The largest absolute Gasteiger partial charge is 0.397 e. The second kappa shape index (κ2) is 8.49. The van der Waals surface area contributed by atoms with Crippen molar-refractivity contribution < 1.29 is 9.84 Å². The van der Waals surface area contributed by atoms with Crippen LogP contribution in [0.25, 0.3) is 22.6 Å². The van der Waals surface area contributed by atoms with Crippen molar-refractivity contribution in [2.45, 2.75) is 12.5 Å². The first-order chi connectivity index (χ1) is 15.2. The summed E-state index contributed by atoms with van der Waals surface area (Å²) in [6.45, 7) is 4.44. The molecule has 8 nitrogen and oxygen atoms in total. The van der Waals surface area contributed by atoms with E-state index in [1.54, 1.807) is 12.4 Å². The summed E-state index contributed by atoms with van der Waals surface area (Å²) in [4.78, 5) is 18.1. The highest BCUT2D eigenvalue weighted by atomic mass is 16.5. The standard InChI is InChI=1S/C23H26N6O2/c24-19-12-16(3-4-21(19)28-8-10-31-11-9-28)20-13-22(29-7-5-18(30)15-29)27-23(26-20)17-2-1-6-25-14-17/h1-4,6,12-14,18,30H,5,7-11,15,24H2. The van der Waals surface area contributed by atoms with Gasteiger partial charge >= 0.3 is 0 Å². The second-order valence-electron chi connectivity index (χ2n) is 7.94. The number of hydrogen-bond donors (Lipinski definition) is 2. The van der Waals surface area contributed by atoms with Crippen molar-refractivity contribution in [2.75, 3.05) is 54.9 Å². The number of anilines is 3. The minimum atomic E-state index is -0.330. The number of ether oxygens (including phenoxy) is 1. The molecule has 160 valence electrons. The number of morpholine rings is 1. The molecule has 3 N–H and O–H groups in total. The molecule has 8 heteroatoms. The zero-order valence-corrected chi connectivity index (χ0v) is 17.3. The third-order valence-electron chi connectivity index (χ3n) is 5.79.